The quantitative estimate of drug-likeness (QED) is 0.0771. The van der Waals surface area contributed by atoms with Crippen LogP contribution >= 0.6 is 0 Å². The van der Waals surface area contributed by atoms with Crippen LogP contribution in [0, 0.1) is 23.7 Å². The fourth-order valence-electron chi connectivity index (χ4n) is 5.26. The van der Waals surface area contributed by atoms with E-state index in [-0.39, 0.29) is 11.9 Å². The van der Waals surface area contributed by atoms with E-state index in [9.17, 15) is 9.59 Å². The van der Waals surface area contributed by atoms with Crippen molar-refractivity contribution < 1.29 is 19.1 Å². The Morgan fingerprint density at radius 3 is 1.66 bits per heavy atom. The van der Waals surface area contributed by atoms with Crippen LogP contribution in [0.1, 0.15) is 170 Å². The van der Waals surface area contributed by atoms with Gasteiger partial charge in [0.2, 0.25) is 0 Å². The summed E-state index contributed by atoms with van der Waals surface area (Å²) in [7, 11) is 0. The van der Waals surface area contributed by atoms with Crippen LogP contribution in [-0.2, 0) is 19.1 Å². The predicted molar refractivity (Wildman–Crippen MR) is 162 cm³/mol. The zero-order chi connectivity index (χ0) is 28.4. The lowest BCUT2D eigenvalue weighted by Gasteiger charge is -2.20. The van der Waals surface area contributed by atoms with Gasteiger partial charge in [0.25, 0.3) is 0 Å². The SMILES string of the molecule is CCCCC[C@@H](CCCOC(=O)CCCCC(=O)OCCCC[C@H](CCCC)CCC(C)C)C[C@H](C)CC. The first-order valence-electron chi connectivity index (χ1n) is 16.6. The fourth-order valence-corrected chi connectivity index (χ4v) is 5.26. The zero-order valence-electron chi connectivity index (χ0n) is 26.5. The summed E-state index contributed by atoms with van der Waals surface area (Å²) >= 11 is 0. The third-order valence-electron chi connectivity index (χ3n) is 8.07. The van der Waals surface area contributed by atoms with Gasteiger partial charge in [-0.05, 0) is 68.6 Å². The predicted octanol–water partition coefficient (Wildman–Crippen LogP) is 10.5. The zero-order valence-corrected chi connectivity index (χ0v) is 26.5. The summed E-state index contributed by atoms with van der Waals surface area (Å²) in [4.78, 5) is 24.1. The lowest BCUT2D eigenvalue weighted by molar-refractivity contribution is -0.146. The number of esters is 2. The third-order valence-corrected chi connectivity index (χ3v) is 8.07. The Morgan fingerprint density at radius 2 is 1.08 bits per heavy atom. The van der Waals surface area contributed by atoms with Crippen molar-refractivity contribution in [3.63, 3.8) is 0 Å². The van der Waals surface area contributed by atoms with Crippen LogP contribution < -0.4 is 0 Å². The molecule has 0 N–H and O–H groups in total. The summed E-state index contributed by atoms with van der Waals surface area (Å²) < 4.78 is 10.9. The highest BCUT2D eigenvalue weighted by molar-refractivity contribution is 5.70. The lowest BCUT2D eigenvalue weighted by atomic mass is 9.87. The van der Waals surface area contributed by atoms with Gasteiger partial charge in [-0.1, -0.05) is 112 Å². The molecular formula is C34H66O4. The van der Waals surface area contributed by atoms with Crippen LogP contribution in [0.2, 0.25) is 0 Å². The molecule has 0 aliphatic heterocycles. The number of carbonyl (C=O) groups is 2. The Hall–Kier alpha value is -1.06. The molecule has 0 aliphatic carbocycles. The Kier molecular flexibility index (Phi) is 25.4. The second kappa shape index (κ2) is 26.2. The molecule has 0 unspecified atom stereocenters. The normalized spacial score (nSPS) is 13.9. The van der Waals surface area contributed by atoms with Crippen molar-refractivity contribution in [1.29, 1.82) is 0 Å². The molecule has 0 aliphatic rings. The van der Waals surface area contributed by atoms with E-state index >= 15 is 0 Å². The van der Waals surface area contributed by atoms with E-state index in [4.69, 9.17) is 9.47 Å². The highest BCUT2D eigenvalue weighted by Gasteiger charge is 2.13. The molecule has 226 valence electrons. The molecular weight excluding hydrogens is 472 g/mol. The molecule has 0 saturated heterocycles. The summed E-state index contributed by atoms with van der Waals surface area (Å²) in [6, 6.07) is 0. The van der Waals surface area contributed by atoms with Gasteiger partial charge < -0.3 is 9.47 Å². The minimum atomic E-state index is -0.129. The average Bonchev–Trinajstić information content (AvgIpc) is 2.89. The van der Waals surface area contributed by atoms with Crippen LogP contribution in [0.15, 0.2) is 0 Å². The Labute approximate surface area is 237 Å². The van der Waals surface area contributed by atoms with Gasteiger partial charge in [0.15, 0.2) is 0 Å². The molecule has 0 rings (SSSR count). The molecule has 0 spiro atoms. The van der Waals surface area contributed by atoms with E-state index in [1.165, 1.54) is 77.0 Å². The van der Waals surface area contributed by atoms with Crippen molar-refractivity contribution in [2.45, 2.75) is 170 Å². The Bertz CT molecular complexity index is 545. The van der Waals surface area contributed by atoms with Crippen LogP contribution in [0.3, 0.4) is 0 Å². The van der Waals surface area contributed by atoms with Gasteiger partial charge in [0.05, 0.1) is 13.2 Å². The number of ether oxygens (including phenoxy) is 2. The Balaban J connectivity index is 3.86. The topological polar surface area (TPSA) is 52.6 Å². The van der Waals surface area contributed by atoms with Gasteiger partial charge in [-0.15, -0.1) is 0 Å². The van der Waals surface area contributed by atoms with E-state index < -0.39 is 0 Å². The van der Waals surface area contributed by atoms with E-state index in [1.807, 2.05) is 0 Å². The average molecular weight is 539 g/mol. The first-order chi connectivity index (χ1) is 18.3. The van der Waals surface area contributed by atoms with Crippen molar-refractivity contribution in [2.75, 3.05) is 13.2 Å². The van der Waals surface area contributed by atoms with Crippen molar-refractivity contribution in [3.05, 3.63) is 0 Å². The fraction of sp³-hybridized carbons (Fsp3) is 0.941. The summed E-state index contributed by atoms with van der Waals surface area (Å²) in [5.74, 6) is 2.88. The molecule has 0 radical (unpaired) electrons. The van der Waals surface area contributed by atoms with Crippen LogP contribution in [-0.4, -0.2) is 25.2 Å². The molecule has 0 fully saturated rings. The van der Waals surface area contributed by atoms with Crippen LogP contribution in [0.5, 0.6) is 0 Å². The smallest absolute Gasteiger partial charge is 0.305 e. The third kappa shape index (κ3) is 24.0. The highest BCUT2D eigenvalue weighted by Crippen LogP contribution is 2.25. The lowest BCUT2D eigenvalue weighted by Crippen LogP contribution is -2.10. The first-order valence-corrected chi connectivity index (χ1v) is 16.6. The monoisotopic (exact) mass is 538 g/mol. The highest BCUT2D eigenvalue weighted by atomic mass is 16.5. The second-order valence-electron chi connectivity index (χ2n) is 12.4. The van der Waals surface area contributed by atoms with E-state index in [1.54, 1.807) is 0 Å². The van der Waals surface area contributed by atoms with Gasteiger partial charge in [-0.3, -0.25) is 9.59 Å². The van der Waals surface area contributed by atoms with Gasteiger partial charge in [0, 0.05) is 12.8 Å². The number of hydrogen-bond acceptors (Lipinski definition) is 4. The molecule has 4 nitrogen and oxygen atoms in total. The van der Waals surface area contributed by atoms with Crippen LogP contribution in [0.25, 0.3) is 0 Å². The van der Waals surface area contributed by atoms with Crippen molar-refractivity contribution in [1.82, 2.24) is 0 Å². The maximum atomic E-state index is 12.1. The summed E-state index contributed by atoms with van der Waals surface area (Å²) in [6.45, 7) is 14.8. The van der Waals surface area contributed by atoms with Gasteiger partial charge in [-0.25, -0.2) is 0 Å². The minimum absolute atomic E-state index is 0.127. The van der Waals surface area contributed by atoms with E-state index in [0.29, 0.717) is 38.9 Å². The molecule has 0 aromatic heterocycles. The Morgan fingerprint density at radius 1 is 0.553 bits per heavy atom. The molecule has 3 atom stereocenters. The van der Waals surface area contributed by atoms with Crippen molar-refractivity contribution in [3.8, 4) is 0 Å². The minimum Gasteiger partial charge on any atom is -0.466 e. The van der Waals surface area contributed by atoms with E-state index in [0.717, 1.165) is 49.4 Å². The van der Waals surface area contributed by atoms with Gasteiger partial charge in [-0.2, -0.15) is 0 Å². The van der Waals surface area contributed by atoms with Crippen molar-refractivity contribution >= 4 is 11.9 Å². The summed E-state index contributed by atoms with van der Waals surface area (Å²) in [5.41, 5.74) is 0. The second-order valence-corrected chi connectivity index (χ2v) is 12.4. The molecule has 0 aromatic rings. The standard InChI is InChI=1S/C34H66O4/c1-7-10-12-20-32(28-30(6)9-3)21-17-27-38-34(36)23-14-13-22-33(35)37-26-16-15-19-31(18-11-8-2)25-24-29(4)5/h29-32H,7-28H2,1-6H3/t30-,31+,32+/m1/s1. The maximum absolute atomic E-state index is 12.1. The number of carbonyl (C=O) groups excluding carboxylic acids is 2. The van der Waals surface area contributed by atoms with Crippen molar-refractivity contribution in [2.24, 2.45) is 23.7 Å². The first kappa shape index (κ1) is 36.9. The summed E-state index contributed by atoms with van der Waals surface area (Å²) in [6.07, 6.45) is 22.0. The maximum Gasteiger partial charge on any atom is 0.305 e. The van der Waals surface area contributed by atoms with Gasteiger partial charge in [0.1, 0.15) is 0 Å². The summed E-state index contributed by atoms with van der Waals surface area (Å²) in [5, 5.41) is 0. The molecule has 0 heterocycles. The molecule has 0 aromatic carbocycles. The number of hydrogen-bond donors (Lipinski definition) is 0. The molecule has 0 saturated carbocycles. The van der Waals surface area contributed by atoms with E-state index in [2.05, 4.69) is 41.5 Å². The largest absolute Gasteiger partial charge is 0.466 e. The van der Waals surface area contributed by atoms with Crippen LogP contribution in [0.4, 0.5) is 0 Å². The molecule has 38 heavy (non-hydrogen) atoms. The number of unbranched alkanes of at least 4 members (excludes halogenated alkanes) is 5. The molecule has 4 heteroatoms. The number of rotatable bonds is 27. The molecule has 0 bridgehead atoms. The molecule has 0 amide bonds. The van der Waals surface area contributed by atoms with Gasteiger partial charge >= 0.3 is 11.9 Å².